The van der Waals surface area contributed by atoms with Crippen LogP contribution in [0.1, 0.15) is 43.5 Å². The van der Waals surface area contributed by atoms with E-state index < -0.39 is 18.1 Å². The van der Waals surface area contributed by atoms with Crippen LogP contribution in [0.15, 0.2) is 36.4 Å². The summed E-state index contributed by atoms with van der Waals surface area (Å²) in [5.41, 5.74) is 0.463. The fourth-order valence-electron chi connectivity index (χ4n) is 4.64. The number of carbonyl (C=O) groups excluding carboxylic acids is 2. The maximum atomic E-state index is 12.9. The Morgan fingerprint density at radius 2 is 1.68 bits per heavy atom. The molecule has 0 aromatic heterocycles. The molecule has 0 radical (unpaired) electrons. The number of alkyl halides is 3. The SMILES string of the molecule is CC(C)N1CCC(Oc2ccc3cc(C(=O)N4CCC(NC(=O)C(F)(F)F)C4)ccc3c2)CC1. The fourth-order valence-corrected chi connectivity index (χ4v) is 4.64. The summed E-state index contributed by atoms with van der Waals surface area (Å²) >= 11 is 0. The summed E-state index contributed by atoms with van der Waals surface area (Å²) in [6.07, 6.45) is -2.47. The Balaban J connectivity index is 1.36. The number of halogens is 3. The van der Waals surface area contributed by atoms with Crippen LogP contribution in [0.4, 0.5) is 13.2 Å². The van der Waals surface area contributed by atoms with Gasteiger partial charge in [-0.3, -0.25) is 9.59 Å². The number of rotatable bonds is 5. The van der Waals surface area contributed by atoms with Gasteiger partial charge in [0.05, 0.1) is 0 Å². The standard InChI is InChI=1S/C25H30F3N3O3/c1-16(2)30-11-8-21(9-12-30)34-22-6-5-17-13-19(4-3-18(17)14-22)23(32)31-10-7-20(15-31)29-24(33)25(26,27)28/h3-6,13-14,16,20-21H,7-12,15H2,1-2H3,(H,29,33). The van der Waals surface area contributed by atoms with E-state index in [9.17, 15) is 22.8 Å². The predicted molar refractivity (Wildman–Crippen MR) is 123 cm³/mol. The number of nitrogens with zero attached hydrogens (tertiary/aromatic N) is 2. The van der Waals surface area contributed by atoms with Gasteiger partial charge in [-0.15, -0.1) is 0 Å². The molecule has 6 nitrogen and oxygen atoms in total. The smallest absolute Gasteiger partial charge is 0.471 e. The number of benzene rings is 2. The number of piperidine rings is 1. The highest BCUT2D eigenvalue weighted by Crippen LogP contribution is 2.26. The quantitative estimate of drug-likeness (QED) is 0.708. The average molecular weight is 478 g/mol. The normalized spacial score (nSPS) is 20.2. The van der Waals surface area contributed by atoms with Crippen LogP contribution in [0, 0.1) is 0 Å². The van der Waals surface area contributed by atoms with Gasteiger partial charge in [0.1, 0.15) is 11.9 Å². The molecule has 4 rings (SSSR count). The summed E-state index contributed by atoms with van der Waals surface area (Å²) in [6, 6.07) is 11.0. The van der Waals surface area contributed by atoms with E-state index in [-0.39, 0.29) is 25.0 Å². The molecule has 2 aliphatic rings. The molecule has 2 aromatic carbocycles. The monoisotopic (exact) mass is 477 g/mol. The van der Waals surface area contributed by atoms with Gasteiger partial charge in [0.25, 0.3) is 5.91 Å². The zero-order valence-electron chi connectivity index (χ0n) is 19.4. The number of fused-ring (bicyclic) bond motifs is 1. The summed E-state index contributed by atoms with van der Waals surface area (Å²) in [5.74, 6) is -1.43. The first-order valence-electron chi connectivity index (χ1n) is 11.7. The lowest BCUT2D eigenvalue weighted by molar-refractivity contribution is -0.174. The van der Waals surface area contributed by atoms with Crippen molar-refractivity contribution in [2.75, 3.05) is 26.2 Å². The second kappa shape index (κ2) is 9.82. The lowest BCUT2D eigenvalue weighted by Crippen LogP contribution is -2.44. The summed E-state index contributed by atoms with van der Waals surface area (Å²) in [6.45, 7) is 6.81. The molecule has 2 heterocycles. The van der Waals surface area contributed by atoms with Crippen LogP contribution in [0.25, 0.3) is 10.8 Å². The van der Waals surface area contributed by atoms with Gasteiger partial charge in [-0.25, -0.2) is 0 Å². The minimum atomic E-state index is -4.93. The molecule has 34 heavy (non-hydrogen) atoms. The zero-order valence-corrected chi connectivity index (χ0v) is 19.4. The molecule has 0 saturated carbocycles. The molecule has 0 aliphatic carbocycles. The Hall–Kier alpha value is -2.81. The molecule has 0 bridgehead atoms. The molecule has 184 valence electrons. The van der Waals surface area contributed by atoms with Crippen molar-refractivity contribution in [1.82, 2.24) is 15.1 Å². The van der Waals surface area contributed by atoms with E-state index in [2.05, 4.69) is 18.7 Å². The number of nitrogens with one attached hydrogen (secondary N) is 1. The largest absolute Gasteiger partial charge is 0.490 e. The molecule has 2 saturated heterocycles. The maximum absolute atomic E-state index is 12.9. The molecule has 1 unspecified atom stereocenters. The van der Waals surface area contributed by atoms with Gasteiger partial charge in [-0.05, 0) is 68.1 Å². The first-order chi connectivity index (χ1) is 16.1. The van der Waals surface area contributed by atoms with Gasteiger partial charge >= 0.3 is 12.1 Å². The van der Waals surface area contributed by atoms with Crippen molar-refractivity contribution in [2.45, 2.75) is 57.5 Å². The van der Waals surface area contributed by atoms with Crippen molar-refractivity contribution in [3.8, 4) is 5.75 Å². The molecule has 1 N–H and O–H groups in total. The van der Waals surface area contributed by atoms with Crippen molar-refractivity contribution < 1.29 is 27.5 Å². The summed E-state index contributed by atoms with van der Waals surface area (Å²) in [4.78, 5) is 28.0. The number of hydrogen-bond acceptors (Lipinski definition) is 4. The van der Waals surface area contributed by atoms with E-state index in [4.69, 9.17) is 4.74 Å². The van der Waals surface area contributed by atoms with Crippen molar-refractivity contribution in [2.24, 2.45) is 0 Å². The third kappa shape index (κ3) is 5.63. The number of ether oxygens (including phenoxy) is 1. The van der Waals surface area contributed by atoms with E-state index in [1.165, 1.54) is 4.90 Å². The fraction of sp³-hybridized carbons (Fsp3) is 0.520. The molecule has 1 atom stereocenters. The average Bonchev–Trinajstić information content (AvgIpc) is 3.26. The van der Waals surface area contributed by atoms with Crippen LogP contribution >= 0.6 is 0 Å². The van der Waals surface area contributed by atoms with Crippen LogP contribution in [0.5, 0.6) is 5.75 Å². The van der Waals surface area contributed by atoms with Crippen molar-refractivity contribution in [1.29, 1.82) is 0 Å². The molecule has 2 aromatic rings. The Kier molecular flexibility index (Phi) is 7.02. The Labute approximate surface area is 197 Å². The van der Waals surface area contributed by atoms with E-state index in [0.29, 0.717) is 18.2 Å². The second-order valence-electron chi connectivity index (χ2n) is 9.38. The summed E-state index contributed by atoms with van der Waals surface area (Å²) < 4.78 is 43.6. The minimum absolute atomic E-state index is 0.0566. The zero-order chi connectivity index (χ0) is 24.5. The van der Waals surface area contributed by atoms with Crippen LogP contribution in [-0.2, 0) is 4.79 Å². The third-order valence-corrected chi connectivity index (χ3v) is 6.64. The van der Waals surface area contributed by atoms with Crippen LogP contribution < -0.4 is 10.1 Å². The highest BCUT2D eigenvalue weighted by Gasteiger charge is 2.41. The first-order valence-corrected chi connectivity index (χ1v) is 11.7. The summed E-state index contributed by atoms with van der Waals surface area (Å²) in [7, 11) is 0. The van der Waals surface area contributed by atoms with E-state index in [1.54, 1.807) is 12.1 Å². The molecule has 0 spiro atoms. The number of hydrogen-bond donors (Lipinski definition) is 1. The minimum Gasteiger partial charge on any atom is -0.490 e. The number of carbonyl (C=O) groups is 2. The van der Waals surface area contributed by atoms with Crippen molar-refractivity contribution in [3.63, 3.8) is 0 Å². The van der Waals surface area contributed by atoms with Crippen LogP contribution in [0.3, 0.4) is 0 Å². The first kappa shape index (κ1) is 24.3. The topological polar surface area (TPSA) is 61.9 Å². The lowest BCUT2D eigenvalue weighted by Gasteiger charge is -2.34. The third-order valence-electron chi connectivity index (χ3n) is 6.64. The van der Waals surface area contributed by atoms with Gasteiger partial charge in [0, 0.05) is 43.8 Å². The van der Waals surface area contributed by atoms with E-state index in [1.807, 2.05) is 29.6 Å². The molecular formula is C25H30F3N3O3. The maximum Gasteiger partial charge on any atom is 0.471 e. The molecular weight excluding hydrogens is 447 g/mol. The number of likely N-dealkylation sites (tertiary alicyclic amines) is 2. The molecule has 2 fully saturated rings. The second-order valence-corrected chi connectivity index (χ2v) is 9.38. The Morgan fingerprint density at radius 3 is 2.35 bits per heavy atom. The van der Waals surface area contributed by atoms with Crippen LogP contribution in [-0.4, -0.2) is 72.2 Å². The van der Waals surface area contributed by atoms with Gasteiger partial charge in [-0.1, -0.05) is 12.1 Å². The number of amides is 2. The molecule has 2 amide bonds. The van der Waals surface area contributed by atoms with Crippen molar-refractivity contribution >= 4 is 22.6 Å². The van der Waals surface area contributed by atoms with Gasteiger partial charge < -0.3 is 19.9 Å². The molecule has 9 heteroatoms. The summed E-state index contributed by atoms with van der Waals surface area (Å²) in [5, 5.41) is 3.79. The molecule has 2 aliphatic heterocycles. The van der Waals surface area contributed by atoms with Crippen LogP contribution in [0.2, 0.25) is 0 Å². The van der Waals surface area contributed by atoms with Crippen molar-refractivity contribution in [3.05, 3.63) is 42.0 Å². The van der Waals surface area contributed by atoms with Gasteiger partial charge in [0.2, 0.25) is 0 Å². The van der Waals surface area contributed by atoms with Gasteiger partial charge in [0.15, 0.2) is 0 Å². The Morgan fingerprint density at radius 1 is 1.00 bits per heavy atom. The predicted octanol–water partition coefficient (Wildman–Crippen LogP) is 3.98. The van der Waals surface area contributed by atoms with Gasteiger partial charge in [-0.2, -0.15) is 13.2 Å². The highest BCUT2D eigenvalue weighted by atomic mass is 19.4. The lowest BCUT2D eigenvalue weighted by atomic mass is 10.0. The Bertz CT molecular complexity index is 1050. The van der Waals surface area contributed by atoms with E-state index >= 15 is 0 Å². The highest BCUT2D eigenvalue weighted by molar-refractivity contribution is 5.99. The van der Waals surface area contributed by atoms with E-state index in [0.717, 1.165) is 42.5 Å².